The van der Waals surface area contributed by atoms with Gasteiger partial charge in [-0.15, -0.1) is 11.3 Å². The third-order valence-corrected chi connectivity index (χ3v) is 4.14. The Morgan fingerprint density at radius 3 is 3.17 bits per heavy atom. The molecule has 0 radical (unpaired) electrons. The fourth-order valence-corrected chi connectivity index (χ4v) is 3.13. The van der Waals surface area contributed by atoms with Gasteiger partial charge in [0.15, 0.2) is 0 Å². The van der Waals surface area contributed by atoms with Crippen molar-refractivity contribution in [2.75, 3.05) is 6.61 Å². The minimum atomic E-state index is -0.00750. The van der Waals surface area contributed by atoms with Crippen LogP contribution in [0.4, 0.5) is 0 Å². The van der Waals surface area contributed by atoms with Crippen molar-refractivity contribution in [2.24, 2.45) is 5.73 Å². The van der Waals surface area contributed by atoms with Gasteiger partial charge in [-0.1, -0.05) is 24.3 Å². The SMILES string of the molecule is NC(Cc1cncs1)C1OCCc2ccccc21. The molecule has 3 rings (SSSR count). The summed E-state index contributed by atoms with van der Waals surface area (Å²) in [5.41, 5.74) is 10.8. The largest absolute Gasteiger partial charge is 0.372 e. The van der Waals surface area contributed by atoms with E-state index >= 15 is 0 Å². The van der Waals surface area contributed by atoms with E-state index in [1.165, 1.54) is 16.0 Å². The Morgan fingerprint density at radius 1 is 1.44 bits per heavy atom. The quantitative estimate of drug-likeness (QED) is 0.921. The van der Waals surface area contributed by atoms with Gasteiger partial charge in [-0.3, -0.25) is 4.98 Å². The number of aromatic nitrogens is 1. The summed E-state index contributed by atoms with van der Waals surface area (Å²) in [6, 6.07) is 8.43. The second-order valence-electron chi connectivity index (χ2n) is 4.58. The van der Waals surface area contributed by atoms with Gasteiger partial charge in [0.1, 0.15) is 0 Å². The summed E-state index contributed by atoms with van der Waals surface area (Å²) >= 11 is 1.65. The second kappa shape index (κ2) is 5.18. The Kier molecular flexibility index (Phi) is 3.41. The molecule has 1 aromatic carbocycles. The van der Waals surface area contributed by atoms with Crippen molar-refractivity contribution >= 4 is 11.3 Å². The topological polar surface area (TPSA) is 48.1 Å². The van der Waals surface area contributed by atoms with E-state index in [0.29, 0.717) is 0 Å². The van der Waals surface area contributed by atoms with E-state index in [-0.39, 0.29) is 12.1 Å². The molecule has 2 heterocycles. The number of rotatable bonds is 3. The molecule has 2 unspecified atom stereocenters. The molecule has 0 saturated heterocycles. The van der Waals surface area contributed by atoms with E-state index in [4.69, 9.17) is 10.5 Å². The van der Waals surface area contributed by atoms with Gasteiger partial charge in [0.25, 0.3) is 0 Å². The molecule has 1 aliphatic heterocycles. The summed E-state index contributed by atoms with van der Waals surface area (Å²) in [4.78, 5) is 5.30. The molecule has 2 N–H and O–H groups in total. The molecule has 0 fully saturated rings. The number of fused-ring (bicyclic) bond motifs is 1. The van der Waals surface area contributed by atoms with E-state index in [1.807, 2.05) is 11.7 Å². The molecule has 0 spiro atoms. The predicted octanol–water partition coefficient (Wildman–Crippen LogP) is 2.33. The zero-order valence-electron chi connectivity index (χ0n) is 10.1. The summed E-state index contributed by atoms with van der Waals surface area (Å²) in [5.74, 6) is 0. The Balaban J connectivity index is 1.80. The van der Waals surface area contributed by atoms with Gasteiger partial charge in [-0.25, -0.2) is 0 Å². The minimum Gasteiger partial charge on any atom is -0.372 e. The first-order chi connectivity index (χ1) is 8.84. The monoisotopic (exact) mass is 260 g/mol. The van der Waals surface area contributed by atoms with E-state index in [0.717, 1.165) is 19.4 Å². The summed E-state index contributed by atoms with van der Waals surface area (Å²) in [7, 11) is 0. The van der Waals surface area contributed by atoms with Crippen LogP contribution in [0.3, 0.4) is 0 Å². The van der Waals surface area contributed by atoms with Crippen molar-refractivity contribution < 1.29 is 4.74 Å². The summed E-state index contributed by atoms with van der Waals surface area (Å²) in [5, 5.41) is 0. The van der Waals surface area contributed by atoms with Crippen molar-refractivity contribution in [1.29, 1.82) is 0 Å². The highest BCUT2D eigenvalue weighted by atomic mass is 32.1. The maximum atomic E-state index is 6.31. The van der Waals surface area contributed by atoms with Crippen molar-refractivity contribution in [3.63, 3.8) is 0 Å². The van der Waals surface area contributed by atoms with Crippen molar-refractivity contribution in [3.8, 4) is 0 Å². The van der Waals surface area contributed by atoms with Crippen LogP contribution < -0.4 is 5.73 Å². The Labute approximate surface area is 111 Å². The van der Waals surface area contributed by atoms with E-state index < -0.39 is 0 Å². The van der Waals surface area contributed by atoms with Gasteiger partial charge < -0.3 is 10.5 Å². The number of ether oxygens (including phenoxy) is 1. The second-order valence-corrected chi connectivity index (χ2v) is 5.55. The van der Waals surface area contributed by atoms with Crippen LogP contribution in [-0.4, -0.2) is 17.6 Å². The molecule has 94 valence electrons. The molecule has 0 bridgehead atoms. The number of hydrogen-bond acceptors (Lipinski definition) is 4. The molecule has 18 heavy (non-hydrogen) atoms. The van der Waals surface area contributed by atoms with Crippen molar-refractivity contribution in [2.45, 2.75) is 25.0 Å². The average Bonchev–Trinajstić information content (AvgIpc) is 2.91. The molecule has 2 aromatic rings. The molecular weight excluding hydrogens is 244 g/mol. The third-order valence-electron chi connectivity index (χ3n) is 3.34. The number of thiazole rings is 1. The van der Waals surface area contributed by atoms with Crippen molar-refractivity contribution in [1.82, 2.24) is 4.98 Å². The van der Waals surface area contributed by atoms with Crippen LogP contribution >= 0.6 is 11.3 Å². The average molecular weight is 260 g/mol. The van der Waals surface area contributed by atoms with E-state index in [9.17, 15) is 0 Å². The molecule has 2 atom stereocenters. The smallest absolute Gasteiger partial charge is 0.0982 e. The zero-order valence-corrected chi connectivity index (χ0v) is 10.9. The van der Waals surface area contributed by atoms with Crippen LogP contribution in [0.1, 0.15) is 22.1 Å². The summed E-state index contributed by atoms with van der Waals surface area (Å²) in [6.45, 7) is 0.762. The fraction of sp³-hybridized carbons (Fsp3) is 0.357. The summed E-state index contributed by atoms with van der Waals surface area (Å²) < 4.78 is 5.87. The lowest BCUT2D eigenvalue weighted by Gasteiger charge is -2.30. The Bertz CT molecular complexity index is 512. The van der Waals surface area contributed by atoms with Crippen LogP contribution in [0, 0.1) is 0 Å². The van der Waals surface area contributed by atoms with Gasteiger partial charge in [-0.2, -0.15) is 0 Å². The normalized spacial score (nSPS) is 20.4. The number of nitrogens with two attached hydrogens (primary N) is 1. The highest BCUT2D eigenvalue weighted by Crippen LogP contribution is 2.30. The molecule has 3 nitrogen and oxygen atoms in total. The minimum absolute atomic E-state index is 0.00750. The zero-order chi connectivity index (χ0) is 12.4. The van der Waals surface area contributed by atoms with Crippen LogP contribution in [0.15, 0.2) is 36.0 Å². The fourth-order valence-electron chi connectivity index (χ4n) is 2.46. The lowest BCUT2D eigenvalue weighted by Crippen LogP contribution is -2.35. The van der Waals surface area contributed by atoms with Crippen LogP contribution in [0.25, 0.3) is 0 Å². The van der Waals surface area contributed by atoms with Gasteiger partial charge >= 0.3 is 0 Å². The highest BCUT2D eigenvalue weighted by molar-refractivity contribution is 7.09. The third kappa shape index (κ3) is 2.32. The van der Waals surface area contributed by atoms with E-state index in [1.54, 1.807) is 11.3 Å². The first kappa shape index (κ1) is 11.8. The van der Waals surface area contributed by atoms with Gasteiger partial charge in [-0.05, 0) is 17.5 Å². The molecule has 0 aliphatic carbocycles. The van der Waals surface area contributed by atoms with Gasteiger partial charge in [0.2, 0.25) is 0 Å². The molecule has 0 saturated carbocycles. The molecule has 4 heteroatoms. The van der Waals surface area contributed by atoms with E-state index in [2.05, 4.69) is 29.2 Å². The first-order valence-electron chi connectivity index (χ1n) is 6.17. The molecule has 1 aliphatic rings. The predicted molar refractivity (Wildman–Crippen MR) is 72.6 cm³/mol. The van der Waals surface area contributed by atoms with Gasteiger partial charge in [0, 0.05) is 23.5 Å². The number of nitrogens with zero attached hydrogens (tertiary/aromatic N) is 1. The van der Waals surface area contributed by atoms with Crippen LogP contribution in [0.5, 0.6) is 0 Å². The highest BCUT2D eigenvalue weighted by Gasteiger charge is 2.26. The Morgan fingerprint density at radius 2 is 2.33 bits per heavy atom. The van der Waals surface area contributed by atoms with Crippen LogP contribution in [0.2, 0.25) is 0 Å². The summed E-state index contributed by atoms with van der Waals surface area (Å²) in [6.07, 6.45) is 3.71. The van der Waals surface area contributed by atoms with Crippen LogP contribution in [-0.2, 0) is 17.6 Å². The van der Waals surface area contributed by atoms with Crippen molar-refractivity contribution in [3.05, 3.63) is 52.0 Å². The molecule has 0 amide bonds. The standard InChI is InChI=1S/C14H16N2OS/c15-13(7-11-8-16-9-18-11)14-12-4-2-1-3-10(12)5-6-17-14/h1-4,8-9,13-14H,5-7,15H2. The molecular formula is C14H16N2OS. The lowest BCUT2D eigenvalue weighted by molar-refractivity contribution is 0.0248. The number of benzene rings is 1. The maximum Gasteiger partial charge on any atom is 0.0982 e. The maximum absolute atomic E-state index is 6.31. The number of hydrogen-bond donors (Lipinski definition) is 1. The Hall–Kier alpha value is -1.23. The molecule has 1 aromatic heterocycles. The van der Waals surface area contributed by atoms with Gasteiger partial charge in [0.05, 0.1) is 18.2 Å². The first-order valence-corrected chi connectivity index (χ1v) is 7.05. The lowest BCUT2D eigenvalue weighted by atomic mass is 9.92.